The van der Waals surface area contributed by atoms with Crippen molar-refractivity contribution < 1.29 is 42.1 Å². The Labute approximate surface area is 462 Å². The molecule has 7 aromatic carbocycles. The minimum absolute atomic E-state index is 0. The van der Waals surface area contributed by atoms with E-state index in [1.165, 1.54) is 66.1 Å². The number of hydrogen-bond acceptors (Lipinski definition) is 4. The molecule has 0 N–H and O–H groups in total. The third kappa shape index (κ3) is 11.6. The summed E-state index contributed by atoms with van der Waals surface area (Å²) in [6.45, 7) is 12.9. The molecule has 0 spiro atoms. The maximum Gasteiger partial charge on any atom is 2.00 e. The summed E-state index contributed by atoms with van der Waals surface area (Å²) in [5, 5.41) is 7.02. The predicted molar refractivity (Wildman–Crippen MR) is 299 cm³/mol. The number of aromatic nitrogens is 6. The van der Waals surface area contributed by atoms with Crippen LogP contribution >= 0.6 is 0 Å². The molecule has 0 atom stereocenters. The summed E-state index contributed by atoms with van der Waals surface area (Å²) < 4.78 is 0. The van der Waals surface area contributed by atoms with Crippen molar-refractivity contribution >= 4 is 54.6 Å². The number of para-hydroxylation sites is 2. The fraction of sp³-hybridized carbons (Fsp3) is 0.0909. The van der Waals surface area contributed by atoms with Gasteiger partial charge < -0.3 is 29.9 Å². The van der Waals surface area contributed by atoms with Crippen molar-refractivity contribution in [3.63, 3.8) is 0 Å². The van der Waals surface area contributed by atoms with E-state index in [1.807, 2.05) is 121 Å². The van der Waals surface area contributed by atoms with Gasteiger partial charge in [-0.3, -0.25) is 0 Å². The first-order valence-electron chi connectivity index (χ1n) is 24.2. The van der Waals surface area contributed by atoms with Crippen molar-refractivity contribution in [2.75, 3.05) is 0 Å². The van der Waals surface area contributed by atoms with E-state index >= 15 is 0 Å². The van der Waals surface area contributed by atoms with E-state index in [0.717, 1.165) is 67.0 Å². The largest absolute Gasteiger partial charge is 2.00 e. The Morgan fingerprint density at radius 1 is 0.365 bits per heavy atom. The molecule has 0 aliphatic heterocycles. The second kappa shape index (κ2) is 23.9. The smallest absolute Gasteiger partial charge is 0.435 e. The van der Waals surface area contributed by atoms with Crippen LogP contribution in [0.3, 0.4) is 0 Å². The number of rotatable bonds is 4. The van der Waals surface area contributed by atoms with Gasteiger partial charge in [-0.25, -0.2) is 0 Å². The normalized spacial score (nSPS) is 10.6. The SMILES string of the molecule is Cc1cc(C)c(-c2ccc3c(n2)[n-]c2ccccc23)c(C)c1.Cc1cc(C)c(-c2ccc3c(n2)[n-]c2ccccc23)c(C)c1.[Pt+2].[Pt+2].[c-]1ccc2ccccc2c1-c1ccccn1.[c-]1ccccc1-c1ccccn1. The zero-order valence-corrected chi connectivity index (χ0v) is 46.5. The minimum atomic E-state index is 0. The number of aryl methyl sites for hydroxylation is 6. The second-order valence-corrected chi connectivity index (χ2v) is 18.1. The Kier molecular flexibility index (Phi) is 17.0. The number of fused-ring (bicyclic) bond motifs is 7. The monoisotopic (exact) mass is 1320 g/mol. The van der Waals surface area contributed by atoms with Gasteiger partial charge in [-0.05, 0) is 142 Å². The van der Waals surface area contributed by atoms with Crippen LogP contribution in [0.4, 0.5) is 0 Å². The molecule has 0 fully saturated rings. The molecular formula is C66H52N6Pt2. The summed E-state index contributed by atoms with van der Waals surface area (Å²) in [5.74, 6) is 0. The van der Waals surface area contributed by atoms with Crippen LogP contribution in [0.2, 0.25) is 0 Å². The van der Waals surface area contributed by atoms with E-state index < -0.39 is 0 Å². The van der Waals surface area contributed by atoms with Crippen molar-refractivity contribution in [2.45, 2.75) is 41.5 Å². The van der Waals surface area contributed by atoms with Crippen LogP contribution in [0.5, 0.6) is 0 Å². The maximum atomic E-state index is 4.82. The van der Waals surface area contributed by atoms with Gasteiger partial charge in [-0.15, -0.1) is 65.0 Å². The number of pyridine rings is 4. The van der Waals surface area contributed by atoms with Crippen LogP contribution in [0.1, 0.15) is 33.4 Å². The first kappa shape index (κ1) is 52.7. The first-order valence-corrected chi connectivity index (χ1v) is 24.2. The van der Waals surface area contributed by atoms with Crippen LogP contribution in [0, 0.1) is 53.7 Å². The Bertz CT molecular complexity index is 3740. The summed E-state index contributed by atoms with van der Waals surface area (Å²) in [7, 11) is 0. The van der Waals surface area contributed by atoms with Crippen molar-refractivity contribution in [3.8, 4) is 45.0 Å². The third-order valence-corrected chi connectivity index (χ3v) is 12.7. The van der Waals surface area contributed by atoms with E-state index in [0.29, 0.717) is 0 Å². The second-order valence-electron chi connectivity index (χ2n) is 18.1. The third-order valence-electron chi connectivity index (χ3n) is 12.7. The number of nitrogens with zero attached hydrogens (tertiary/aromatic N) is 6. The molecule has 0 aliphatic carbocycles. The molecule has 0 bridgehead atoms. The Morgan fingerprint density at radius 3 is 1.31 bits per heavy atom. The predicted octanol–water partition coefficient (Wildman–Crippen LogP) is 16.1. The topological polar surface area (TPSA) is 79.8 Å². The summed E-state index contributed by atoms with van der Waals surface area (Å²) in [6.07, 6.45) is 3.60. The Hall–Kier alpha value is -7.62. The van der Waals surface area contributed by atoms with Gasteiger partial charge in [0.05, 0.1) is 0 Å². The molecule has 8 heteroatoms. The number of hydrogen-bond donors (Lipinski definition) is 0. The molecule has 13 aromatic rings. The van der Waals surface area contributed by atoms with E-state index in [9.17, 15) is 0 Å². The van der Waals surface area contributed by atoms with E-state index in [4.69, 9.17) is 9.97 Å². The summed E-state index contributed by atoms with van der Waals surface area (Å²) >= 11 is 0. The van der Waals surface area contributed by atoms with Gasteiger partial charge in [0.25, 0.3) is 0 Å². The fourth-order valence-corrected chi connectivity index (χ4v) is 9.72. The molecule has 366 valence electrons. The van der Waals surface area contributed by atoms with Crippen LogP contribution < -0.4 is 9.97 Å². The molecule has 0 aliphatic rings. The van der Waals surface area contributed by atoms with E-state index in [1.54, 1.807) is 6.20 Å². The van der Waals surface area contributed by atoms with Crippen LogP contribution in [-0.4, -0.2) is 19.9 Å². The molecular weight excluding hydrogens is 1270 g/mol. The molecule has 0 amide bonds. The molecule has 6 aromatic heterocycles. The summed E-state index contributed by atoms with van der Waals surface area (Å²) in [6, 6.07) is 72.1. The minimum Gasteiger partial charge on any atom is -0.435 e. The Balaban J connectivity index is 0.000000133. The molecule has 74 heavy (non-hydrogen) atoms. The average Bonchev–Trinajstić information content (AvgIpc) is 3.97. The summed E-state index contributed by atoms with van der Waals surface area (Å²) in [5.41, 5.74) is 19.8. The van der Waals surface area contributed by atoms with Gasteiger partial charge in [0.2, 0.25) is 0 Å². The zero-order chi connectivity index (χ0) is 49.6. The molecule has 6 nitrogen and oxygen atoms in total. The van der Waals surface area contributed by atoms with Gasteiger partial charge in [0.15, 0.2) is 0 Å². The fourth-order valence-electron chi connectivity index (χ4n) is 9.72. The van der Waals surface area contributed by atoms with Gasteiger partial charge in [-0.2, -0.15) is 0 Å². The van der Waals surface area contributed by atoms with Crippen molar-refractivity contribution in [1.82, 2.24) is 29.9 Å². The van der Waals surface area contributed by atoms with Crippen LogP contribution in [0.25, 0.3) is 99.7 Å². The molecule has 13 rings (SSSR count). The molecule has 0 unspecified atom stereocenters. The van der Waals surface area contributed by atoms with Gasteiger partial charge in [-0.1, -0.05) is 173 Å². The van der Waals surface area contributed by atoms with E-state index in [-0.39, 0.29) is 42.1 Å². The van der Waals surface area contributed by atoms with Gasteiger partial charge >= 0.3 is 42.1 Å². The first-order chi connectivity index (χ1) is 35.2. The molecule has 0 saturated heterocycles. The van der Waals surface area contributed by atoms with Crippen molar-refractivity contribution in [3.05, 3.63) is 252 Å². The standard InChI is InChI=1S/2C20H17N2.C15H10N.C11H8N.2Pt/c2*1-12-10-13(2)19(14(3)11-12)18-9-8-16-15-6-4-5-7-17(15)21-20(16)22-18;1-2-8-13-12(6-1)7-5-9-14(13)15-10-3-4-11-16-15;1-2-6-10(7-3-1)11-8-4-5-9-12-11;;/h2*4-11H,1-3H3;1-8,10-11H;1-6,8-9H;;/q4*-1;2*+2. The average molecular weight is 1320 g/mol. The Morgan fingerprint density at radius 2 is 0.824 bits per heavy atom. The maximum absolute atomic E-state index is 4.82. The van der Waals surface area contributed by atoms with Gasteiger partial charge in [0, 0.05) is 12.4 Å². The molecule has 0 radical (unpaired) electrons. The zero-order valence-electron chi connectivity index (χ0n) is 41.9. The van der Waals surface area contributed by atoms with Crippen molar-refractivity contribution in [1.29, 1.82) is 0 Å². The van der Waals surface area contributed by atoms with E-state index in [2.05, 4.69) is 152 Å². The summed E-state index contributed by atoms with van der Waals surface area (Å²) in [4.78, 5) is 27.6. The van der Waals surface area contributed by atoms with Crippen molar-refractivity contribution in [2.24, 2.45) is 0 Å². The number of benzene rings is 7. The quantitative estimate of drug-likeness (QED) is 0.163. The molecule has 0 saturated carbocycles. The van der Waals surface area contributed by atoms with Gasteiger partial charge in [0.1, 0.15) is 0 Å². The van der Waals surface area contributed by atoms with Crippen LogP contribution in [-0.2, 0) is 42.1 Å². The molecule has 6 heterocycles. The van der Waals surface area contributed by atoms with Crippen LogP contribution in [0.15, 0.2) is 207 Å².